The average molecular weight is 217 g/mol. The molecule has 1 aliphatic heterocycles. The first-order valence-corrected chi connectivity index (χ1v) is 5.33. The van der Waals surface area contributed by atoms with Crippen molar-refractivity contribution in [3.05, 3.63) is 46.8 Å². The molecule has 1 aromatic carbocycles. The molecule has 0 bridgehead atoms. The van der Waals surface area contributed by atoms with E-state index in [2.05, 4.69) is 36.5 Å². The predicted octanol–water partition coefficient (Wildman–Crippen LogP) is 1.91. The van der Waals surface area contributed by atoms with Gasteiger partial charge in [0.1, 0.15) is 5.76 Å². The molecule has 1 atom stereocenters. The van der Waals surface area contributed by atoms with Gasteiger partial charge in [-0.2, -0.15) is 0 Å². The summed E-state index contributed by atoms with van der Waals surface area (Å²) in [6, 6.07) is 8.30. The molecule has 1 heterocycles. The number of hydrogen-bond acceptors (Lipinski definition) is 3. The molecular weight excluding hydrogens is 202 g/mol. The number of hydrogen-bond donors (Lipinski definition) is 1. The maximum Gasteiger partial charge on any atom is 0.225 e. The Hall–Kier alpha value is -1.77. The van der Waals surface area contributed by atoms with Gasteiger partial charge in [-0.25, -0.2) is 0 Å². The third kappa shape index (κ3) is 2.24. The van der Waals surface area contributed by atoms with Crippen molar-refractivity contribution in [3.63, 3.8) is 0 Å². The zero-order valence-electron chi connectivity index (χ0n) is 9.49. The first-order chi connectivity index (χ1) is 7.69. The van der Waals surface area contributed by atoms with E-state index in [1.165, 1.54) is 11.1 Å². The minimum absolute atomic E-state index is 0.513. The van der Waals surface area contributed by atoms with Crippen molar-refractivity contribution in [3.8, 4) is 0 Å². The summed E-state index contributed by atoms with van der Waals surface area (Å²) in [5.41, 5.74) is 3.37. The van der Waals surface area contributed by atoms with E-state index in [4.69, 9.17) is 4.74 Å². The summed E-state index contributed by atoms with van der Waals surface area (Å²) in [6.45, 7) is 3.98. The number of nitrogens with one attached hydrogen (secondary N) is 1. The summed E-state index contributed by atoms with van der Waals surface area (Å²) in [5, 5.41) is 2.97. The highest BCUT2D eigenvalue weighted by molar-refractivity contribution is 5.57. The third-order valence-electron chi connectivity index (χ3n) is 2.66. The summed E-state index contributed by atoms with van der Waals surface area (Å²) in [6.07, 6.45) is 0.982. The lowest BCUT2D eigenvalue weighted by molar-refractivity contribution is -0.115. The second kappa shape index (κ2) is 4.39. The summed E-state index contributed by atoms with van der Waals surface area (Å²) in [4.78, 5) is 10.6. The third-order valence-corrected chi connectivity index (χ3v) is 2.66. The minimum Gasteiger partial charge on any atom is -0.466 e. The normalized spacial score (nSPS) is 19.2. The predicted molar refractivity (Wildman–Crippen MR) is 61.7 cm³/mol. The van der Waals surface area contributed by atoms with Gasteiger partial charge in [-0.15, -0.1) is 0 Å². The van der Waals surface area contributed by atoms with Crippen LogP contribution in [0, 0.1) is 6.92 Å². The molecule has 1 aromatic rings. The van der Waals surface area contributed by atoms with Crippen LogP contribution in [0.25, 0.3) is 0 Å². The van der Waals surface area contributed by atoms with E-state index in [-0.39, 0.29) is 0 Å². The van der Waals surface area contributed by atoms with Crippen LogP contribution in [0.4, 0.5) is 0 Å². The number of benzene rings is 1. The first-order valence-electron chi connectivity index (χ1n) is 5.33. The van der Waals surface area contributed by atoms with Gasteiger partial charge in [-0.1, -0.05) is 29.8 Å². The molecule has 0 aliphatic carbocycles. The molecule has 0 fully saturated rings. The Balaban J connectivity index is 2.08. The number of ether oxygens (including phenoxy) is 1. The molecule has 1 N–H and O–H groups in total. The van der Waals surface area contributed by atoms with E-state index in [1.807, 2.05) is 6.92 Å². The van der Waals surface area contributed by atoms with E-state index < -0.39 is 6.23 Å². The van der Waals surface area contributed by atoms with Gasteiger partial charge in [-0.3, -0.25) is 4.79 Å². The van der Waals surface area contributed by atoms with Crippen LogP contribution < -0.4 is 5.32 Å². The maximum atomic E-state index is 10.6. The molecule has 0 radical (unpaired) electrons. The van der Waals surface area contributed by atoms with Crippen LogP contribution in [0.2, 0.25) is 0 Å². The Labute approximate surface area is 95.1 Å². The van der Waals surface area contributed by atoms with Gasteiger partial charge in [0.25, 0.3) is 0 Å². The molecule has 0 saturated carbocycles. The van der Waals surface area contributed by atoms with Crippen LogP contribution in [0.15, 0.2) is 35.7 Å². The SMILES string of the molecule is CC1=C(Cc2ccc(C)cc2)OC(C=O)N1. The van der Waals surface area contributed by atoms with Gasteiger partial charge in [0, 0.05) is 12.1 Å². The molecule has 0 aromatic heterocycles. The van der Waals surface area contributed by atoms with Gasteiger partial charge in [0.15, 0.2) is 6.29 Å². The Bertz CT molecular complexity index is 420. The van der Waals surface area contributed by atoms with E-state index in [0.29, 0.717) is 0 Å². The van der Waals surface area contributed by atoms with Gasteiger partial charge < -0.3 is 10.1 Å². The second-order valence-corrected chi connectivity index (χ2v) is 4.03. The van der Waals surface area contributed by atoms with Crippen molar-refractivity contribution in [2.24, 2.45) is 0 Å². The number of carbonyl (C=O) groups is 1. The monoisotopic (exact) mass is 217 g/mol. The van der Waals surface area contributed by atoms with E-state index in [0.717, 1.165) is 24.2 Å². The number of aldehydes is 1. The van der Waals surface area contributed by atoms with Crippen molar-refractivity contribution in [2.75, 3.05) is 0 Å². The largest absolute Gasteiger partial charge is 0.466 e. The van der Waals surface area contributed by atoms with Crippen molar-refractivity contribution >= 4 is 6.29 Å². The molecule has 2 rings (SSSR count). The number of carbonyl (C=O) groups excluding carboxylic acids is 1. The zero-order chi connectivity index (χ0) is 11.5. The highest BCUT2D eigenvalue weighted by atomic mass is 16.5. The fraction of sp³-hybridized carbons (Fsp3) is 0.308. The molecular formula is C13H15NO2. The molecule has 3 heteroatoms. The first kappa shape index (κ1) is 10.7. The van der Waals surface area contributed by atoms with Crippen molar-refractivity contribution in [1.82, 2.24) is 5.32 Å². The molecule has 16 heavy (non-hydrogen) atoms. The average Bonchev–Trinajstić information content (AvgIpc) is 2.63. The van der Waals surface area contributed by atoms with E-state index in [9.17, 15) is 4.79 Å². The summed E-state index contributed by atoms with van der Waals surface area (Å²) >= 11 is 0. The van der Waals surface area contributed by atoms with Gasteiger partial charge in [0.05, 0.1) is 0 Å². The molecule has 0 spiro atoms. The van der Waals surface area contributed by atoms with Crippen molar-refractivity contribution in [2.45, 2.75) is 26.5 Å². The molecule has 3 nitrogen and oxygen atoms in total. The van der Waals surface area contributed by atoms with Crippen LogP contribution in [-0.4, -0.2) is 12.5 Å². The molecule has 84 valence electrons. The minimum atomic E-state index is -0.513. The summed E-state index contributed by atoms with van der Waals surface area (Å²) in [5.74, 6) is 0.848. The highest BCUT2D eigenvalue weighted by Gasteiger charge is 2.20. The lowest BCUT2D eigenvalue weighted by Crippen LogP contribution is -2.24. The van der Waals surface area contributed by atoms with Gasteiger partial charge in [0.2, 0.25) is 6.23 Å². The van der Waals surface area contributed by atoms with E-state index in [1.54, 1.807) is 0 Å². The molecule has 0 amide bonds. The topological polar surface area (TPSA) is 38.3 Å². The highest BCUT2D eigenvalue weighted by Crippen LogP contribution is 2.19. The van der Waals surface area contributed by atoms with Crippen LogP contribution >= 0.6 is 0 Å². The van der Waals surface area contributed by atoms with Crippen molar-refractivity contribution in [1.29, 1.82) is 0 Å². The van der Waals surface area contributed by atoms with Crippen LogP contribution in [-0.2, 0) is 16.0 Å². The lowest BCUT2D eigenvalue weighted by atomic mass is 10.1. The lowest BCUT2D eigenvalue weighted by Gasteiger charge is -2.06. The van der Waals surface area contributed by atoms with Crippen LogP contribution in [0.3, 0.4) is 0 Å². The number of rotatable bonds is 3. The Morgan fingerprint density at radius 2 is 2.00 bits per heavy atom. The van der Waals surface area contributed by atoms with Gasteiger partial charge in [-0.05, 0) is 19.4 Å². The maximum absolute atomic E-state index is 10.6. The fourth-order valence-corrected chi connectivity index (χ4v) is 1.69. The van der Waals surface area contributed by atoms with Gasteiger partial charge >= 0.3 is 0 Å². The van der Waals surface area contributed by atoms with Crippen LogP contribution in [0.1, 0.15) is 18.1 Å². The number of allylic oxidation sites excluding steroid dienone is 2. The molecule has 1 aliphatic rings. The Morgan fingerprint density at radius 3 is 2.56 bits per heavy atom. The van der Waals surface area contributed by atoms with E-state index >= 15 is 0 Å². The summed E-state index contributed by atoms with van der Waals surface area (Å²) < 4.78 is 5.46. The Morgan fingerprint density at radius 1 is 1.31 bits per heavy atom. The molecule has 1 unspecified atom stereocenters. The second-order valence-electron chi connectivity index (χ2n) is 4.03. The Kier molecular flexibility index (Phi) is 2.95. The zero-order valence-corrected chi connectivity index (χ0v) is 9.49. The summed E-state index contributed by atoms with van der Waals surface area (Å²) in [7, 11) is 0. The standard InChI is InChI=1S/C13H15NO2/c1-9-3-5-11(6-4-9)7-12-10(2)14-13(8-15)16-12/h3-6,8,13-14H,7H2,1-2H3. The fourth-order valence-electron chi connectivity index (χ4n) is 1.69. The molecule has 0 saturated heterocycles. The number of aryl methyl sites for hydroxylation is 1. The smallest absolute Gasteiger partial charge is 0.225 e. The van der Waals surface area contributed by atoms with Crippen LogP contribution in [0.5, 0.6) is 0 Å². The van der Waals surface area contributed by atoms with Crippen molar-refractivity contribution < 1.29 is 9.53 Å². The quantitative estimate of drug-likeness (QED) is 0.786.